The molecule has 0 aliphatic heterocycles. The number of hydrogen-bond donors (Lipinski definition) is 1. The molecule has 0 fully saturated rings. The summed E-state index contributed by atoms with van der Waals surface area (Å²) in [5, 5.41) is 2.93. The van der Waals surface area contributed by atoms with Gasteiger partial charge in [0.1, 0.15) is 16.5 Å². The largest absolute Gasteiger partial charge is 0.379 e. The number of carbonyl (C=O) groups is 1. The fraction of sp³-hybridized carbons (Fsp3) is 0.240. The van der Waals surface area contributed by atoms with Crippen molar-refractivity contribution in [3.05, 3.63) is 95.8 Å². The van der Waals surface area contributed by atoms with E-state index in [0.29, 0.717) is 13.1 Å². The third-order valence-electron chi connectivity index (χ3n) is 4.74. The van der Waals surface area contributed by atoms with Crippen molar-refractivity contribution in [1.29, 1.82) is 0 Å². The highest BCUT2D eigenvalue weighted by Crippen LogP contribution is 2.21. The van der Waals surface area contributed by atoms with Crippen LogP contribution >= 0.6 is 0 Å². The summed E-state index contributed by atoms with van der Waals surface area (Å²) in [5.74, 6) is -0.177. The third-order valence-corrected chi connectivity index (χ3v) is 6.00. The van der Waals surface area contributed by atoms with E-state index in [1.807, 2.05) is 44.2 Å². The maximum atomic E-state index is 13.1. The van der Waals surface area contributed by atoms with Crippen LogP contribution in [0.5, 0.6) is 5.75 Å². The van der Waals surface area contributed by atoms with Crippen molar-refractivity contribution in [2.75, 3.05) is 6.54 Å². The Labute approximate surface area is 194 Å². The minimum absolute atomic E-state index is 0.117. The number of halogens is 1. The first-order chi connectivity index (χ1) is 15.7. The summed E-state index contributed by atoms with van der Waals surface area (Å²) in [6.07, 6.45) is 0. The van der Waals surface area contributed by atoms with Gasteiger partial charge in [0.15, 0.2) is 0 Å². The summed E-state index contributed by atoms with van der Waals surface area (Å²) in [7, 11) is -4.11. The Hall–Kier alpha value is -3.39. The van der Waals surface area contributed by atoms with Crippen LogP contribution in [0.2, 0.25) is 0 Å². The van der Waals surface area contributed by atoms with Gasteiger partial charge in [0, 0.05) is 19.6 Å². The summed E-state index contributed by atoms with van der Waals surface area (Å²) in [6, 6.07) is 20.4. The number of nitrogens with zero attached hydrogens (tertiary/aromatic N) is 1. The zero-order chi connectivity index (χ0) is 23.8. The molecule has 3 aromatic carbocycles. The number of amides is 2. The first-order valence-electron chi connectivity index (χ1n) is 10.6. The van der Waals surface area contributed by atoms with Gasteiger partial charge in [0.05, 0.1) is 0 Å². The first kappa shape index (κ1) is 24.3. The highest BCUT2D eigenvalue weighted by Gasteiger charge is 2.19. The van der Waals surface area contributed by atoms with Gasteiger partial charge in [-0.15, -0.1) is 0 Å². The number of hydrogen-bond acceptors (Lipinski definition) is 4. The molecule has 2 amide bonds. The monoisotopic (exact) mass is 470 g/mol. The van der Waals surface area contributed by atoms with Crippen LogP contribution < -0.4 is 9.50 Å². The molecule has 3 aromatic rings. The van der Waals surface area contributed by atoms with Gasteiger partial charge < -0.3 is 14.4 Å². The normalized spacial score (nSPS) is 11.3. The number of rotatable bonds is 9. The van der Waals surface area contributed by atoms with Crippen LogP contribution in [0.4, 0.5) is 9.18 Å². The van der Waals surface area contributed by atoms with E-state index in [4.69, 9.17) is 4.18 Å². The Morgan fingerprint density at radius 3 is 2.30 bits per heavy atom. The molecular weight excluding hydrogens is 443 g/mol. The average Bonchev–Trinajstić information content (AvgIpc) is 2.77. The van der Waals surface area contributed by atoms with Crippen LogP contribution in [0.25, 0.3) is 0 Å². The quantitative estimate of drug-likeness (QED) is 0.449. The van der Waals surface area contributed by atoms with Crippen LogP contribution in [0, 0.1) is 11.7 Å². The third kappa shape index (κ3) is 7.32. The molecule has 0 saturated carbocycles. The molecule has 8 heteroatoms. The Bertz CT molecular complexity index is 1170. The number of urea groups is 1. The highest BCUT2D eigenvalue weighted by molar-refractivity contribution is 7.87. The van der Waals surface area contributed by atoms with Gasteiger partial charge in [0.25, 0.3) is 0 Å². The minimum Gasteiger partial charge on any atom is -0.379 e. The van der Waals surface area contributed by atoms with Gasteiger partial charge in [-0.25, -0.2) is 9.18 Å². The molecule has 0 bridgehead atoms. The standard InChI is InChI=1S/C25H27FN2O4S/c1-19(2)17-28(25(29)27-16-20-7-4-3-5-8-20)18-21-9-6-10-23(15-21)32-33(30,31)24-13-11-22(26)12-14-24/h3-15,19H,16-18H2,1-2H3,(H,27,29). The average molecular weight is 471 g/mol. The van der Waals surface area contributed by atoms with E-state index in [-0.39, 0.29) is 29.1 Å². The molecule has 3 rings (SSSR count). The molecule has 0 heterocycles. The predicted octanol–water partition coefficient (Wildman–Crippen LogP) is 4.96. The fourth-order valence-electron chi connectivity index (χ4n) is 3.24. The van der Waals surface area contributed by atoms with Crippen molar-refractivity contribution in [3.63, 3.8) is 0 Å². The van der Waals surface area contributed by atoms with E-state index >= 15 is 0 Å². The van der Waals surface area contributed by atoms with E-state index in [0.717, 1.165) is 35.4 Å². The Morgan fingerprint density at radius 2 is 1.64 bits per heavy atom. The van der Waals surface area contributed by atoms with Gasteiger partial charge in [-0.2, -0.15) is 8.42 Å². The lowest BCUT2D eigenvalue weighted by molar-refractivity contribution is 0.187. The van der Waals surface area contributed by atoms with Crippen molar-refractivity contribution in [2.24, 2.45) is 5.92 Å². The molecule has 0 aromatic heterocycles. The van der Waals surface area contributed by atoms with Crippen LogP contribution in [0.3, 0.4) is 0 Å². The molecule has 0 atom stereocenters. The SMILES string of the molecule is CC(C)CN(Cc1cccc(OS(=O)(=O)c2ccc(F)cc2)c1)C(=O)NCc1ccccc1. The Balaban J connectivity index is 1.71. The van der Waals surface area contributed by atoms with E-state index in [1.54, 1.807) is 23.1 Å². The molecule has 0 unspecified atom stereocenters. The van der Waals surface area contributed by atoms with Crippen molar-refractivity contribution in [2.45, 2.75) is 31.8 Å². The van der Waals surface area contributed by atoms with Crippen LogP contribution in [0.1, 0.15) is 25.0 Å². The van der Waals surface area contributed by atoms with E-state index in [9.17, 15) is 17.6 Å². The summed E-state index contributed by atoms with van der Waals surface area (Å²) in [4.78, 5) is 14.4. The molecule has 174 valence electrons. The van der Waals surface area contributed by atoms with Gasteiger partial charge in [-0.3, -0.25) is 0 Å². The van der Waals surface area contributed by atoms with Gasteiger partial charge >= 0.3 is 16.1 Å². The van der Waals surface area contributed by atoms with Crippen molar-refractivity contribution in [1.82, 2.24) is 10.2 Å². The maximum Gasteiger partial charge on any atom is 0.339 e. The highest BCUT2D eigenvalue weighted by atomic mass is 32.2. The topological polar surface area (TPSA) is 75.7 Å². The lowest BCUT2D eigenvalue weighted by atomic mass is 10.1. The predicted molar refractivity (Wildman–Crippen MR) is 125 cm³/mol. The van der Waals surface area contributed by atoms with E-state index < -0.39 is 15.9 Å². The van der Waals surface area contributed by atoms with E-state index in [1.165, 1.54) is 6.07 Å². The van der Waals surface area contributed by atoms with Crippen LogP contribution in [-0.2, 0) is 23.2 Å². The van der Waals surface area contributed by atoms with Crippen molar-refractivity contribution in [3.8, 4) is 5.75 Å². The maximum absolute atomic E-state index is 13.1. The lowest BCUT2D eigenvalue weighted by Crippen LogP contribution is -2.41. The number of benzene rings is 3. The molecule has 6 nitrogen and oxygen atoms in total. The fourth-order valence-corrected chi connectivity index (χ4v) is 4.16. The van der Waals surface area contributed by atoms with Crippen molar-refractivity contribution >= 4 is 16.1 Å². The summed E-state index contributed by atoms with van der Waals surface area (Å²) >= 11 is 0. The molecule has 33 heavy (non-hydrogen) atoms. The zero-order valence-corrected chi connectivity index (χ0v) is 19.4. The smallest absolute Gasteiger partial charge is 0.339 e. The van der Waals surface area contributed by atoms with Crippen molar-refractivity contribution < 1.29 is 21.8 Å². The molecule has 0 aliphatic carbocycles. The minimum atomic E-state index is -4.11. The molecule has 0 radical (unpaired) electrons. The summed E-state index contributed by atoms with van der Waals surface area (Å²) < 4.78 is 43.3. The molecular formula is C25H27FN2O4S. The Kier molecular flexibility index (Phi) is 8.06. The molecule has 0 spiro atoms. The van der Waals surface area contributed by atoms with Gasteiger partial charge in [-0.1, -0.05) is 56.3 Å². The number of carbonyl (C=O) groups excluding carboxylic acids is 1. The second-order valence-electron chi connectivity index (χ2n) is 8.06. The van der Waals surface area contributed by atoms with Gasteiger partial charge in [0.2, 0.25) is 0 Å². The molecule has 0 saturated heterocycles. The summed E-state index contributed by atoms with van der Waals surface area (Å²) in [6.45, 7) is 5.26. The second kappa shape index (κ2) is 11.0. The number of nitrogens with one attached hydrogen (secondary N) is 1. The lowest BCUT2D eigenvalue weighted by Gasteiger charge is -2.25. The van der Waals surface area contributed by atoms with E-state index in [2.05, 4.69) is 5.32 Å². The van der Waals surface area contributed by atoms with Gasteiger partial charge in [-0.05, 0) is 53.4 Å². The summed E-state index contributed by atoms with van der Waals surface area (Å²) in [5.41, 5.74) is 1.72. The molecule has 1 N–H and O–H groups in total. The first-order valence-corrected chi connectivity index (χ1v) is 12.0. The second-order valence-corrected chi connectivity index (χ2v) is 9.60. The van der Waals surface area contributed by atoms with Crippen LogP contribution in [0.15, 0.2) is 83.8 Å². The molecule has 0 aliphatic rings. The Morgan fingerprint density at radius 1 is 0.970 bits per heavy atom. The van der Waals surface area contributed by atoms with Crippen LogP contribution in [-0.4, -0.2) is 25.9 Å². The zero-order valence-electron chi connectivity index (χ0n) is 18.6.